The van der Waals surface area contributed by atoms with E-state index in [1.54, 1.807) is 6.07 Å². The van der Waals surface area contributed by atoms with Crippen LogP contribution in [0.2, 0.25) is 10.0 Å². The fourth-order valence-electron chi connectivity index (χ4n) is 4.29. The number of piperidine rings is 1. The SMILES string of the molecule is CCN1CCC[C@H](Cn2c(C)nc3ccc(-c4cc(Cl)cc(Cl)c4)cc3c2=O)C1. The van der Waals surface area contributed by atoms with Crippen molar-refractivity contribution < 1.29 is 0 Å². The van der Waals surface area contributed by atoms with Crippen molar-refractivity contribution in [2.24, 2.45) is 5.92 Å². The van der Waals surface area contributed by atoms with Gasteiger partial charge >= 0.3 is 0 Å². The molecular weight excluding hydrogens is 405 g/mol. The molecule has 29 heavy (non-hydrogen) atoms. The molecular formula is C23H25Cl2N3O. The Labute approximate surface area is 181 Å². The van der Waals surface area contributed by atoms with E-state index in [2.05, 4.69) is 11.8 Å². The molecule has 1 fully saturated rings. The molecule has 152 valence electrons. The minimum Gasteiger partial charge on any atom is -0.303 e. The second kappa shape index (κ2) is 8.47. The van der Waals surface area contributed by atoms with Gasteiger partial charge in [-0.25, -0.2) is 4.98 Å². The van der Waals surface area contributed by atoms with Gasteiger partial charge in [0.05, 0.1) is 10.9 Å². The summed E-state index contributed by atoms with van der Waals surface area (Å²) in [5, 5.41) is 1.78. The maximum atomic E-state index is 13.3. The lowest BCUT2D eigenvalue weighted by Gasteiger charge is -2.32. The average molecular weight is 430 g/mol. The first kappa shape index (κ1) is 20.4. The summed E-state index contributed by atoms with van der Waals surface area (Å²) < 4.78 is 1.85. The van der Waals surface area contributed by atoms with Crippen LogP contribution in [0.5, 0.6) is 0 Å². The van der Waals surface area contributed by atoms with Gasteiger partial charge in [-0.2, -0.15) is 0 Å². The van der Waals surface area contributed by atoms with Gasteiger partial charge in [-0.05, 0) is 80.2 Å². The van der Waals surface area contributed by atoms with E-state index in [-0.39, 0.29) is 5.56 Å². The summed E-state index contributed by atoms with van der Waals surface area (Å²) in [4.78, 5) is 20.5. The van der Waals surface area contributed by atoms with Gasteiger partial charge in [0.15, 0.2) is 0 Å². The molecule has 0 bridgehead atoms. The number of hydrogen-bond acceptors (Lipinski definition) is 3. The molecule has 4 rings (SSSR count). The number of hydrogen-bond donors (Lipinski definition) is 0. The highest BCUT2D eigenvalue weighted by atomic mass is 35.5. The summed E-state index contributed by atoms with van der Waals surface area (Å²) >= 11 is 12.3. The first-order valence-electron chi connectivity index (χ1n) is 10.1. The van der Waals surface area contributed by atoms with Crippen molar-refractivity contribution >= 4 is 34.1 Å². The predicted octanol–water partition coefficient (Wildman–Crippen LogP) is 5.41. The number of rotatable bonds is 4. The highest BCUT2D eigenvalue weighted by Crippen LogP contribution is 2.28. The Morgan fingerprint density at radius 1 is 1.10 bits per heavy atom. The topological polar surface area (TPSA) is 38.1 Å². The molecule has 0 spiro atoms. The summed E-state index contributed by atoms with van der Waals surface area (Å²) in [6, 6.07) is 11.2. The summed E-state index contributed by atoms with van der Waals surface area (Å²) in [7, 11) is 0. The van der Waals surface area contributed by atoms with E-state index in [4.69, 9.17) is 28.2 Å². The molecule has 4 nitrogen and oxygen atoms in total. The van der Waals surface area contributed by atoms with E-state index in [9.17, 15) is 4.79 Å². The summed E-state index contributed by atoms with van der Waals surface area (Å²) in [6.45, 7) is 8.10. The van der Waals surface area contributed by atoms with E-state index in [1.807, 2.05) is 41.8 Å². The van der Waals surface area contributed by atoms with Gasteiger partial charge in [0.1, 0.15) is 5.82 Å². The van der Waals surface area contributed by atoms with Crippen LogP contribution < -0.4 is 5.56 Å². The van der Waals surface area contributed by atoms with Crippen LogP contribution in [0.15, 0.2) is 41.2 Å². The van der Waals surface area contributed by atoms with Crippen LogP contribution in [0.1, 0.15) is 25.6 Å². The Morgan fingerprint density at radius 2 is 1.86 bits per heavy atom. The predicted molar refractivity (Wildman–Crippen MR) is 121 cm³/mol. The Bertz CT molecular complexity index is 1090. The zero-order chi connectivity index (χ0) is 20.5. The maximum absolute atomic E-state index is 13.3. The third kappa shape index (κ3) is 4.35. The van der Waals surface area contributed by atoms with E-state index in [0.717, 1.165) is 55.1 Å². The van der Waals surface area contributed by atoms with Crippen LogP contribution in [0.3, 0.4) is 0 Å². The molecule has 1 atom stereocenters. The number of benzene rings is 2. The normalized spacial score (nSPS) is 17.7. The second-order valence-electron chi connectivity index (χ2n) is 7.87. The zero-order valence-corrected chi connectivity index (χ0v) is 18.3. The molecule has 1 saturated heterocycles. The largest absolute Gasteiger partial charge is 0.303 e. The summed E-state index contributed by atoms with van der Waals surface area (Å²) in [6.07, 6.45) is 2.34. The van der Waals surface area contributed by atoms with Gasteiger partial charge < -0.3 is 4.90 Å². The lowest BCUT2D eigenvalue weighted by atomic mass is 9.97. The molecule has 2 aromatic carbocycles. The molecule has 0 amide bonds. The summed E-state index contributed by atoms with van der Waals surface area (Å²) in [5.41, 5.74) is 2.54. The highest BCUT2D eigenvalue weighted by molar-refractivity contribution is 6.35. The van der Waals surface area contributed by atoms with Gasteiger partial charge in [-0.15, -0.1) is 0 Å². The van der Waals surface area contributed by atoms with Crippen molar-refractivity contribution in [1.29, 1.82) is 0 Å². The molecule has 3 aromatic rings. The number of likely N-dealkylation sites (tertiary alicyclic amines) is 1. The minimum absolute atomic E-state index is 0.0242. The third-order valence-electron chi connectivity index (χ3n) is 5.83. The van der Waals surface area contributed by atoms with Crippen molar-refractivity contribution in [2.75, 3.05) is 19.6 Å². The van der Waals surface area contributed by atoms with Crippen molar-refractivity contribution in [1.82, 2.24) is 14.5 Å². The fourth-order valence-corrected chi connectivity index (χ4v) is 4.82. The quantitative estimate of drug-likeness (QED) is 0.556. The highest BCUT2D eigenvalue weighted by Gasteiger charge is 2.21. The Balaban J connectivity index is 1.73. The fraction of sp³-hybridized carbons (Fsp3) is 0.391. The van der Waals surface area contributed by atoms with Gasteiger partial charge in [-0.3, -0.25) is 9.36 Å². The van der Waals surface area contributed by atoms with Gasteiger partial charge in [0, 0.05) is 23.1 Å². The smallest absolute Gasteiger partial charge is 0.261 e. The van der Waals surface area contributed by atoms with Crippen LogP contribution in [0.25, 0.3) is 22.0 Å². The van der Waals surface area contributed by atoms with Crippen molar-refractivity contribution in [2.45, 2.75) is 33.2 Å². The molecule has 0 aliphatic carbocycles. The average Bonchev–Trinajstić information content (AvgIpc) is 2.70. The number of halogens is 2. The van der Waals surface area contributed by atoms with E-state index < -0.39 is 0 Å². The van der Waals surface area contributed by atoms with Gasteiger partial charge in [0.25, 0.3) is 5.56 Å². The lowest BCUT2D eigenvalue weighted by molar-refractivity contribution is 0.168. The van der Waals surface area contributed by atoms with Crippen LogP contribution in [0, 0.1) is 12.8 Å². The first-order valence-corrected chi connectivity index (χ1v) is 10.9. The number of aryl methyl sites for hydroxylation is 1. The first-order chi connectivity index (χ1) is 13.9. The molecule has 1 aromatic heterocycles. The molecule has 0 N–H and O–H groups in total. The van der Waals surface area contributed by atoms with E-state index >= 15 is 0 Å². The van der Waals surface area contributed by atoms with Crippen molar-refractivity contribution in [3.8, 4) is 11.1 Å². The molecule has 0 radical (unpaired) electrons. The molecule has 0 saturated carbocycles. The molecule has 1 aliphatic rings. The van der Waals surface area contributed by atoms with Gasteiger partial charge in [-0.1, -0.05) is 36.2 Å². The van der Waals surface area contributed by atoms with Crippen LogP contribution >= 0.6 is 23.2 Å². The monoisotopic (exact) mass is 429 g/mol. The maximum Gasteiger partial charge on any atom is 0.261 e. The van der Waals surface area contributed by atoms with Crippen LogP contribution in [-0.2, 0) is 6.54 Å². The molecule has 6 heteroatoms. The van der Waals surface area contributed by atoms with Crippen molar-refractivity contribution in [3.63, 3.8) is 0 Å². The Kier molecular flexibility index (Phi) is 5.95. The number of aromatic nitrogens is 2. The third-order valence-corrected chi connectivity index (χ3v) is 6.27. The number of fused-ring (bicyclic) bond motifs is 1. The van der Waals surface area contributed by atoms with Gasteiger partial charge in [0.2, 0.25) is 0 Å². The molecule has 1 aliphatic heterocycles. The standard InChI is InChI=1S/C23H25Cl2N3O/c1-3-27-8-4-5-16(13-27)14-28-15(2)26-22-7-6-17(11-21(22)23(28)29)18-9-19(24)12-20(25)10-18/h6-7,9-12,16H,3-5,8,13-14H2,1-2H3/t16-/m0/s1. The zero-order valence-electron chi connectivity index (χ0n) is 16.8. The van der Waals surface area contributed by atoms with E-state index in [0.29, 0.717) is 21.3 Å². The second-order valence-corrected chi connectivity index (χ2v) is 8.74. The van der Waals surface area contributed by atoms with Crippen LogP contribution in [-0.4, -0.2) is 34.1 Å². The number of nitrogens with zero attached hydrogens (tertiary/aromatic N) is 3. The molecule has 2 heterocycles. The van der Waals surface area contributed by atoms with Crippen molar-refractivity contribution in [3.05, 3.63) is 62.6 Å². The Hall–Kier alpha value is -1.88. The van der Waals surface area contributed by atoms with Crippen LogP contribution in [0.4, 0.5) is 0 Å². The lowest BCUT2D eigenvalue weighted by Crippen LogP contribution is -2.38. The molecule has 0 unspecified atom stereocenters. The summed E-state index contributed by atoms with van der Waals surface area (Å²) in [5.74, 6) is 1.25. The Morgan fingerprint density at radius 3 is 2.59 bits per heavy atom. The minimum atomic E-state index is 0.0242. The van der Waals surface area contributed by atoms with E-state index in [1.165, 1.54) is 6.42 Å².